The highest BCUT2D eigenvalue weighted by atomic mass is 79.9. The van der Waals surface area contributed by atoms with Crippen LogP contribution in [-0.4, -0.2) is 53.4 Å². The number of aromatic nitrogens is 2. The molecule has 2 rings (SSSR count). The number of hydrogen-bond acceptors (Lipinski definition) is 4. The lowest BCUT2D eigenvalue weighted by atomic mass is 10.0. The third-order valence-electron chi connectivity index (χ3n) is 3.78. The molecule has 1 aromatic heterocycles. The highest BCUT2D eigenvalue weighted by Crippen LogP contribution is 2.37. The zero-order valence-electron chi connectivity index (χ0n) is 12.6. The Balaban J connectivity index is 2.17. The molecule has 1 N–H and O–H groups in total. The Morgan fingerprint density at radius 1 is 1.55 bits per heavy atom. The molecule has 4 nitrogen and oxygen atoms in total. The molecule has 2 atom stereocenters. The number of halogens is 1. The quantitative estimate of drug-likeness (QED) is 0.845. The molecule has 0 radical (unpaired) electrons. The fourth-order valence-electron chi connectivity index (χ4n) is 2.68. The van der Waals surface area contributed by atoms with E-state index in [1.165, 1.54) is 30.7 Å². The van der Waals surface area contributed by atoms with Crippen molar-refractivity contribution >= 4 is 27.7 Å². The van der Waals surface area contributed by atoms with Gasteiger partial charge in [-0.2, -0.15) is 16.9 Å². The van der Waals surface area contributed by atoms with Crippen molar-refractivity contribution in [3.63, 3.8) is 0 Å². The van der Waals surface area contributed by atoms with E-state index in [1.54, 1.807) is 0 Å². The van der Waals surface area contributed by atoms with Crippen molar-refractivity contribution in [2.45, 2.75) is 37.1 Å². The maximum atomic E-state index is 4.55. The van der Waals surface area contributed by atoms with Crippen LogP contribution in [0.5, 0.6) is 0 Å². The summed E-state index contributed by atoms with van der Waals surface area (Å²) in [5.41, 5.74) is 1.30. The van der Waals surface area contributed by atoms with Gasteiger partial charge in [0.15, 0.2) is 0 Å². The second-order valence-electron chi connectivity index (χ2n) is 5.58. The van der Waals surface area contributed by atoms with Crippen LogP contribution >= 0.6 is 27.7 Å². The van der Waals surface area contributed by atoms with Crippen molar-refractivity contribution in [3.8, 4) is 0 Å². The lowest BCUT2D eigenvalue weighted by Gasteiger charge is -2.30. The van der Waals surface area contributed by atoms with Gasteiger partial charge in [0.25, 0.3) is 0 Å². The summed E-state index contributed by atoms with van der Waals surface area (Å²) < 4.78 is 3.28. The van der Waals surface area contributed by atoms with E-state index in [9.17, 15) is 0 Å². The van der Waals surface area contributed by atoms with Crippen LogP contribution in [0, 0.1) is 0 Å². The Hall–Kier alpha value is -0.0400. The molecule has 0 amide bonds. The summed E-state index contributed by atoms with van der Waals surface area (Å²) in [5.74, 6) is 1.28. The highest BCUT2D eigenvalue weighted by Gasteiger charge is 2.28. The molecule has 1 aliphatic rings. The van der Waals surface area contributed by atoms with E-state index in [-0.39, 0.29) is 0 Å². The normalized spacial score (nSPS) is 21.4. The molecule has 114 valence electrons. The van der Waals surface area contributed by atoms with Crippen molar-refractivity contribution in [1.29, 1.82) is 0 Å². The molecule has 1 saturated heterocycles. The van der Waals surface area contributed by atoms with E-state index < -0.39 is 0 Å². The second-order valence-corrected chi connectivity index (χ2v) is 7.78. The first-order valence-electron chi connectivity index (χ1n) is 7.28. The fraction of sp³-hybridized carbons (Fsp3) is 0.786. The molecule has 1 fully saturated rings. The van der Waals surface area contributed by atoms with E-state index in [1.807, 2.05) is 6.20 Å². The number of nitrogens with zero attached hydrogens (tertiary/aromatic N) is 3. The SMILES string of the molecule is CNC(c1c(Br)cnn1CCN(C)C)C1CCCCS1. The van der Waals surface area contributed by atoms with Crippen LogP contribution in [0.4, 0.5) is 0 Å². The van der Waals surface area contributed by atoms with Gasteiger partial charge in [-0.15, -0.1) is 0 Å². The highest BCUT2D eigenvalue weighted by molar-refractivity contribution is 9.10. The van der Waals surface area contributed by atoms with Crippen molar-refractivity contribution in [3.05, 3.63) is 16.4 Å². The Morgan fingerprint density at radius 2 is 2.35 bits per heavy atom. The number of rotatable bonds is 6. The van der Waals surface area contributed by atoms with E-state index in [0.29, 0.717) is 11.3 Å². The van der Waals surface area contributed by atoms with Crippen molar-refractivity contribution in [2.75, 3.05) is 33.4 Å². The minimum atomic E-state index is 0.374. The lowest BCUT2D eigenvalue weighted by Crippen LogP contribution is -2.32. The molecule has 2 unspecified atom stereocenters. The van der Waals surface area contributed by atoms with Crippen LogP contribution in [0.2, 0.25) is 0 Å². The number of thioether (sulfide) groups is 1. The maximum absolute atomic E-state index is 4.55. The predicted octanol–water partition coefficient (Wildman–Crippen LogP) is 2.75. The average Bonchev–Trinajstić information content (AvgIpc) is 2.80. The summed E-state index contributed by atoms with van der Waals surface area (Å²) in [6, 6.07) is 0.374. The summed E-state index contributed by atoms with van der Waals surface area (Å²) in [6.45, 7) is 1.94. The van der Waals surface area contributed by atoms with Gasteiger partial charge in [0.2, 0.25) is 0 Å². The topological polar surface area (TPSA) is 33.1 Å². The molecular formula is C14H25BrN4S. The molecule has 1 aliphatic heterocycles. The zero-order valence-corrected chi connectivity index (χ0v) is 15.0. The first kappa shape index (κ1) is 16.3. The zero-order chi connectivity index (χ0) is 14.5. The van der Waals surface area contributed by atoms with E-state index in [2.05, 4.69) is 68.8 Å². The van der Waals surface area contributed by atoms with Gasteiger partial charge in [0, 0.05) is 11.8 Å². The minimum absolute atomic E-state index is 0.374. The third kappa shape index (κ3) is 4.00. The predicted molar refractivity (Wildman–Crippen MR) is 90.4 cm³/mol. The smallest absolute Gasteiger partial charge is 0.0707 e. The van der Waals surface area contributed by atoms with Gasteiger partial charge in [-0.1, -0.05) is 6.42 Å². The average molecular weight is 361 g/mol. The van der Waals surface area contributed by atoms with Crippen LogP contribution < -0.4 is 5.32 Å². The molecule has 0 aromatic carbocycles. The van der Waals surface area contributed by atoms with Crippen molar-refractivity contribution < 1.29 is 0 Å². The maximum Gasteiger partial charge on any atom is 0.0707 e. The second kappa shape index (κ2) is 7.82. The fourth-order valence-corrected chi connectivity index (χ4v) is 4.69. The molecule has 0 bridgehead atoms. The molecule has 6 heteroatoms. The first-order chi connectivity index (χ1) is 9.63. The van der Waals surface area contributed by atoms with E-state index in [4.69, 9.17) is 0 Å². The van der Waals surface area contributed by atoms with Gasteiger partial charge < -0.3 is 10.2 Å². The van der Waals surface area contributed by atoms with Crippen LogP contribution in [-0.2, 0) is 6.54 Å². The van der Waals surface area contributed by atoms with Gasteiger partial charge >= 0.3 is 0 Å². The Labute approximate surface area is 134 Å². The van der Waals surface area contributed by atoms with E-state index in [0.717, 1.165) is 17.6 Å². The Kier molecular flexibility index (Phi) is 6.39. The van der Waals surface area contributed by atoms with Crippen LogP contribution in [0.3, 0.4) is 0 Å². The lowest BCUT2D eigenvalue weighted by molar-refractivity contribution is 0.361. The van der Waals surface area contributed by atoms with Gasteiger partial charge in [0.1, 0.15) is 0 Å². The van der Waals surface area contributed by atoms with E-state index >= 15 is 0 Å². The Morgan fingerprint density at radius 3 is 2.95 bits per heavy atom. The molecule has 2 heterocycles. The number of hydrogen-bond donors (Lipinski definition) is 1. The Bertz CT molecular complexity index is 415. The molecule has 20 heavy (non-hydrogen) atoms. The van der Waals surface area contributed by atoms with Gasteiger partial charge in [-0.3, -0.25) is 4.68 Å². The first-order valence-corrected chi connectivity index (χ1v) is 9.12. The van der Waals surface area contributed by atoms with Gasteiger partial charge in [-0.05, 0) is 55.7 Å². The molecule has 0 saturated carbocycles. The van der Waals surface area contributed by atoms with Gasteiger partial charge in [-0.25, -0.2) is 0 Å². The van der Waals surface area contributed by atoms with Crippen molar-refractivity contribution in [2.24, 2.45) is 0 Å². The number of nitrogens with one attached hydrogen (secondary N) is 1. The summed E-state index contributed by atoms with van der Waals surface area (Å²) in [4.78, 5) is 2.20. The van der Waals surface area contributed by atoms with Crippen LogP contribution in [0.1, 0.15) is 31.0 Å². The van der Waals surface area contributed by atoms with Gasteiger partial charge in [0.05, 0.1) is 29.0 Å². The standard InChI is InChI=1S/C14H25BrN4S/c1-16-13(12-6-4-5-9-20-12)14-11(15)10-17-19(14)8-7-18(2)3/h10,12-13,16H,4-9H2,1-3H3. The third-order valence-corrected chi connectivity index (χ3v) is 5.86. The van der Waals surface area contributed by atoms with Crippen LogP contribution in [0.15, 0.2) is 10.7 Å². The molecular weight excluding hydrogens is 336 g/mol. The summed E-state index contributed by atoms with van der Waals surface area (Å²) in [7, 11) is 6.27. The van der Waals surface area contributed by atoms with Crippen LogP contribution in [0.25, 0.3) is 0 Å². The summed E-state index contributed by atoms with van der Waals surface area (Å²) in [5, 5.41) is 8.72. The minimum Gasteiger partial charge on any atom is -0.311 e. The summed E-state index contributed by atoms with van der Waals surface area (Å²) >= 11 is 5.79. The molecule has 1 aromatic rings. The number of likely N-dealkylation sites (N-methyl/N-ethyl adjacent to an activating group) is 1. The largest absolute Gasteiger partial charge is 0.311 e. The molecule has 0 spiro atoms. The summed E-state index contributed by atoms with van der Waals surface area (Å²) in [6.07, 6.45) is 5.93. The monoisotopic (exact) mass is 360 g/mol. The molecule has 0 aliphatic carbocycles. The van der Waals surface area contributed by atoms with Crippen molar-refractivity contribution in [1.82, 2.24) is 20.0 Å².